The van der Waals surface area contributed by atoms with Gasteiger partial charge in [0.15, 0.2) is 5.82 Å². The number of aromatic nitrogens is 1. The molecule has 1 aliphatic carbocycles. The smallest absolute Gasteiger partial charge is 0.215 e. The van der Waals surface area contributed by atoms with Crippen molar-refractivity contribution in [1.82, 2.24) is 4.98 Å². The highest BCUT2D eigenvalue weighted by Crippen LogP contribution is 2.49. The van der Waals surface area contributed by atoms with Gasteiger partial charge >= 0.3 is 0 Å². The minimum Gasteiger partial charge on any atom is -0.481 e. The highest BCUT2D eigenvalue weighted by molar-refractivity contribution is 5.62. The fourth-order valence-electron chi connectivity index (χ4n) is 2.20. The molecule has 0 aliphatic heterocycles. The molecule has 4 nitrogen and oxygen atoms in total. The second-order valence-electron chi connectivity index (χ2n) is 4.90. The number of nitrogens with one attached hydrogen (secondary N) is 1. The Morgan fingerprint density at radius 1 is 1.47 bits per heavy atom. The zero-order chi connectivity index (χ0) is 12.3. The summed E-state index contributed by atoms with van der Waals surface area (Å²) in [4.78, 5) is 4.32. The van der Waals surface area contributed by atoms with Crippen molar-refractivity contribution in [3.63, 3.8) is 0 Å². The maximum atomic E-state index is 5.89. The zero-order valence-electron chi connectivity index (χ0n) is 10.6. The van der Waals surface area contributed by atoms with Gasteiger partial charge in [-0.1, -0.05) is 13.3 Å². The largest absolute Gasteiger partial charge is 0.481 e. The van der Waals surface area contributed by atoms with Gasteiger partial charge in [-0.15, -0.1) is 0 Å². The molecule has 0 atom stereocenters. The van der Waals surface area contributed by atoms with Crippen LogP contribution in [-0.2, 0) is 0 Å². The van der Waals surface area contributed by atoms with E-state index >= 15 is 0 Å². The number of anilines is 2. The first kappa shape index (κ1) is 12.0. The molecule has 17 heavy (non-hydrogen) atoms. The standard InChI is InChI=1S/C13H21N3O/c1-3-6-13(7-8-13)9-15-12-10(14)4-5-11(16-12)17-2/h4-5H,3,6-9,14H2,1-2H3,(H,15,16). The van der Waals surface area contributed by atoms with Crippen molar-refractivity contribution >= 4 is 11.5 Å². The van der Waals surface area contributed by atoms with E-state index in [-0.39, 0.29) is 0 Å². The quantitative estimate of drug-likeness (QED) is 0.795. The van der Waals surface area contributed by atoms with E-state index in [9.17, 15) is 0 Å². The summed E-state index contributed by atoms with van der Waals surface area (Å²) in [5, 5.41) is 3.36. The van der Waals surface area contributed by atoms with E-state index in [1.807, 2.05) is 6.07 Å². The van der Waals surface area contributed by atoms with Crippen molar-refractivity contribution in [2.45, 2.75) is 32.6 Å². The molecule has 4 heteroatoms. The number of hydrogen-bond donors (Lipinski definition) is 2. The minimum absolute atomic E-state index is 0.492. The molecule has 0 spiro atoms. The van der Waals surface area contributed by atoms with Gasteiger partial charge in [0.05, 0.1) is 12.8 Å². The molecule has 1 aliphatic rings. The molecule has 3 N–H and O–H groups in total. The molecule has 0 radical (unpaired) electrons. The van der Waals surface area contributed by atoms with Crippen molar-refractivity contribution in [1.29, 1.82) is 0 Å². The first-order chi connectivity index (χ1) is 8.19. The summed E-state index contributed by atoms with van der Waals surface area (Å²) in [6.45, 7) is 3.20. The maximum Gasteiger partial charge on any atom is 0.215 e. The summed E-state index contributed by atoms with van der Waals surface area (Å²) in [5.74, 6) is 1.34. The molecular formula is C13H21N3O. The molecule has 2 rings (SSSR count). The fraction of sp³-hybridized carbons (Fsp3) is 0.615. The number of nitrogens with zero attached hydrogens (tertiary/aromatic N) is 1. The van der Waals surface area contributed by atoms with Crippen molar-refractivity contribution in [2.24, 2.45) is 5.41 Å². The van der Waals surface area contributed by atoms with Gasteiger partial charge in [0.25, 0.3) is 0 Å². The molecular weight excluding hydrogens is 214 g/mol. The Hall–Kier alpha value is -1.45. The number of hydrogen-bond acceptors (Lipinski definition) is 4. The number of ether oxygens (including phenoxy) is 1. The van der Waals surface area contributed by atoms with Crippen LogP contribution < -0.4 is 15.8 Å². The monoisotopic (exact) mass is 235 g/mol. The predicted octanol–water partition coefficient (Wildman–Crippen LogP) is 2.66. The van der Waals surface area contributed by atoms with Gasteiger partial charge in [-0.2, -0.15) is 4.98 Å². The molecule has 0 amide bonds. The molecule has 0 unspecified atom stereocenters. The number of pyridine rings is 1. The molecule has 1 heterocycles. The van der Waals surface area contributed by atoms with Crippen LogP contribution in [0.3, 0.4) is 0 Å². The van der Waals surface area contributed by atoms with E-state index < -0.39 is 0 Å². The average molecular weight is 235 g/mol. The van der Waals surface area contributed by atoms with Crippen molar-refractivity contribution < 1.29 is 4.74 Å². The van der Waals surface area contributed by atoms with Crippen molar-refractivity contribution in [2.75, 3.05) is 24.7 Å². The van der Waals surface area contributed by atoms with Gasteiger partial charge in [-0.25, -0.2) is 0 Å². The van der Waals surface area contributed by atoms with Crippen molar-refractivity contribution in [3.05, 3.63) is 12.1 Å². The Kier molecular flexibility index (Phi) is 3.41. The van der Waals surface area contributed by atoms with E-state index in [2.05, 4.69) is 17.2 Å². The second-order valence-corrected chi connectivity index (χ2v) is 4.90. The first-order valence-electron chi connectivity index (χ1n) is 6.23. The SMILES string of the molecule is CCCC1(CNc2nc(OC)ccc2N)CC1. The van der Waals surface area contributed by atoms with E-state index in [0.717, 1.165) is 12.4 Å². The lowest BCUT2D eigenvalue weighted by atomic mass is 10.0. The molecule has 1 aromatic rings. The lowest BCUT2D eigenvalue weighted by molar-refractivity contribution is 0.398. The van der Waals surface area contributed by atoms with E-state index in [0.29, 0.717) is 17.0 Å². The van der Waals surface area contributed by atoms with E-state index in [4.69, 9.17) is 10.5 Å². The second kappa shape index (κ2) is 4.82. The minimum atomic E-state index is 0.492. The lowest BCUT2D eigenvalue weighted by Crippen LogP contribution is -2.16. The van der Waals surface area contributed by atoms with Crippen LogP contribution in [0.1, 0.15) is 32.6 Å². The first-order valence-corrected chi connectivity index (χ1v) is 6.23. The summed E-state index contributed by atoms with van der Waals surface area (Å²) in [5.41, 5.74) is 7.06. The third-order valence-electron chi connectivity index (χ3n) is 3.48. The Morgan fingerprint density at radius 3 is 2.82 bits per heavy atom. The summed E-state index contributed by atoms with van der Waals surface area (Å²) >= 11 is 0. The average Bonchev–Trinajstić information content (AvgIpc) is 3.09. The van der Waals surface area contributed by atoms with Gasteiger partial charge in [0.2, 0.25) is 5.88 Å². The summed E-state index contributed by atoms with van der Waals surface area (Å²) in [7, 11) is 1.61. The molecule has 0 saturated heterocycles. The predicted molar refractivity (Wildman–Crippen MR) is 70.3 cm³/mol. The lowest BCUT2D eigenvalue weighted by Gasteiger charge is -2.16. The van der Waals surface area contributed by atoms with Crippen LogP contribution in [0.5, 0.6) is 5.88 Å². The van der Waals surface area contributed by atoms with Crippen LogP contribution >= 0.6 is 0 Å². The summed E-state index contributed by atoms with van der Waals surface area (Å²) in [6, 6.07) is 3.60. The van der Waals surface area contributed by atoms with Crippen LogP contribution in [0.4, 0.5) is 11.5 Å². The Bertz CT molecular complexity index is 388. The number of methoxy groups -OCH3 is 1. The Morgan fingerprint density at radius 2 is 2.24 bits per heavy atom. The van der Waals surface area contributed by atoms with Gasteiger partial charge in [0.1, 0.15) is 0 Å². The summed E-state index contributed by atoms with van der Waals surface area (Å²) in [6.07, 6.45) is 5.15. The van der Waals surface area contributed by atoms with Crippen LogP contribution in [-0.4, -0.2) is 18.6 Å². The van der Waals surface area contributed by atoms with Crippen LogP contribution in [0.2, 0.25) is 0 Å². The molecule has 0 aromatic carbocycles. The van der Waals surface area contributed by atoms with Gasteiger partial charge < -0.3 is 15.8 Å². The van der Waals surface area contributed by atoms with E-state index in [1.54, 1.807) is 13.2 Å². The highest BCUT2D eigenvalue weighted by atomic mass is 16.5. The van der Waals surface area contributed by atoms with E-state index in [1.165, 1.54) is 25.7 Å². The third kappa shape index (κ3) is 2.81. The topological polar surface area (TPSA) is 60.2 Å². The number of rotatable bonds is 6. The normalized spacial score (nSPS) is 16.6. The van der Waals surface area contributed by atoms with Gasteiger partial charge in [-0.05, 0) is 30.7 Å². The van der Waals surface area contributed by atoms with Gasteiger partial charge in [-0.3, -0.25) is 0 Å². The molecule has 1 fully saturated rings. The number of nitrogens with two attached hydrogens (primary N) is 1. The van der Waals surface area contributed by atoms with Crippen LogP contribution in [0, 0.1) is 5.41 Å². The Balaban J connectivity index is 1.98. The van der Waals surface area contributed by atoms with Crippen LogP contribution in [0.15, 0.2) is 12.1 Å². The molecule has 1 saturated carbocycles. The zero-order valence-corrected chi connectivity index (χ0v) is 10.6. The third-order valence-corrected chi connectivity index (χ3v) is 3.48. The maximum absolute atomic E-state index is 5.89. The molecule has 0 bridgehead atoms. The van der Waals surface area contributed by atoms with Crippen molar-refractivity contribution in [3.8, 4) is 5.88 Å². The highest BCUT2D eigenvalue weighted by Gasteiger charge is 2.41. The Labute approximate surface area is 103 Å². The number of nitrogen functional groups attached to an aromatic ring is 1. The van der Waals surface area contributed by atoms with Gasteiger partial charge in [0, 0.05) is 12.6 Å². The summed E-state index contributed by atoms with van der Waals surface area (Å²) < 4.78 is 5.10. The van der Waals surface area contributed by atoms with Crippen LogP contribution in [0.25, 0.3) is 0 Å². The fourth-order valence-corrected chi connectivity index (χ4v) is 2.20. The molecule has 94 valence electrons. The molecule has 1 aromatic heterocycles.